The second-order valence-electron chi connectivity index (χ2n) is 7.17. The molecule has 1 heterocycles. The van der Waals surface area contributed by atoms with Crippen molar-refractivity contribution >= 4 is 15.8 Å². The van der Waals surface area contributed by atoms with Crippen LogP contribution in [0.25, 0.3) is 0 Å². The Bertz CT molecular complexity index is 689. The van der Waals surface area contributed by atoms with Crippen LogP contribution < -0.4 is 9.80 Å². The number of hydrogen-bond donors (Lipinski definition) is 1. The van der Waals surface area contributed by atoms with Gasteiger partial charge in [0.1, 0.15) is 0 Å². The van der Waals surface area contributed by atoms with Crippen LogP contribution in [0.15, 0.2) is 36.5 Å². The van der Waals surface area contributed by atoms with Crippen molar-refractivity contribution in [3.8, 4) is 0 Å². The molecule has 1 aromatic rings. The predicted octanol–water partition coefficient (Wildman–Crippen LogP) is 2.16. The third-order valence-corrected chi connectivity index (χ3v) is 5.98. The van der Waals surface area contributed by atoms with Gasteiger partial charge in [0, 0.05) is 29.1 Å². The average Bonchev–Trinajstić information content (AvgIpc) is 2.77. The highest BCUT2D eigenvalue weighted by molar-refractivity contribution is 7.85. The highest BCUT2D eigenvalue weighted by atomic mass is 32.2. The lowest BCUT2D eigenvalue weighted by Gasteiger charge is -2.26. The molecule has 1 aromatic carbocycles. The van der Waals surface area contributed by atoms with E-state index in [-0.39, 0.29) is 11.2 Å². The number of para-hydroxylation sites is 1. The van der Waals surface area contributed by atoms with Crippen LogP contribution >= 0.6 is 0 Å². The molecule has 0 amide bonds. The first-order valence-electron chi connectivity index (χ1n) is 9.42. The number of nitrogens with one attached hydrogen (secondary N) is 1. The van der Waals surface area contributed by atoms with E-state index in [2.05, 4.69) is 47.3 Å². The maximum Gasteiger partial charge on any atom is 0.0946 e. The molecular weight excluding hydrogens is 348 g/mol. The van der Waals surface area contributed by atoms with Crippen LogP contribution in [-0.4, -0.2) is 44.9 Å². The van der Waals surface area contributed by atoms with Gasteiger partial charge in [0.15, 0.2) is 0 Å². The number of nitrogens with zero attached hydrogens (tertiary/aromatic N) is 1. The number of benzene rings is 1. The van der Waals surface area contributed by atoms with Crippen molar-refractivity contribution in [3.63, 3.8) is 0 Å². The number of quaternary nitrogens is 1. The van der Waals surface area contributed by atoms with Gasteiger partial charge in [-0.2, -0.15) is 0 Å². The fourth-order valence-corrected chi connectivity index (χ4v) is 3.76. The molecule has 0 spiro atoms. The molecule has 1 aliphatic heterocycles. The highest BCUT2D eigenvalue weighted by Gasteiger charge is 2.38. The van der Waals surface area contributed by atoms with E-state index in [0.717, 1.165) is 11.4 Å². The molecule has 0 aliphatic carbocycles. The van der Waals surface area contributed by atoms with Gasteiger partial charge in [-0.05, 0) is 38.8 Å². The number of rotatable bonds is 7. The topological polar surface area (TPSA) is 64.9 Å². The summed E-state index contributed by atoms with van der Waals surface area (Å²) in [6.45, 7) is 19.3. The molecule has 2 rings (SSSR count). The summed E-state index contributed by atoms with van der Waals surface area (Å²) in [6.07, 6.45) is 0.315. The van der Waals surface area contributed by atoms with E-state index in [4.69, 9.17) is 0 Å². The van der Waals surface area contributed by atoms with Gasteiger partial charge in [0.25, 0.3) is 0 Å². The van der Waals surface area contributed by atoms with Crippen molar-refractivity contribution in [2.45, 2.75) is 46.5 Å². The zero-order valence-electron chi connectivity index (χ0n) is 16.8. The molecule has 1 aliphatic rings. The van der Waals surface area contributed by atoms with Crippen LogP contribution in [0.1, 0.15) is 46.6 Å². The van der Waals surface area contributed by atoms with Crippen LogP contribution in [0.3, 0.4) is 0 Å². The summed E-state index contributed by atoms with van der Waals surface area (Å²) >= 11 is 0. The van der Waals surface area contributed by atoms with Gasteiger partial charge >= 0.3 is 0 Å². The molecule has 0 atom stereocenters. The Labute approximate surface area is 159 Å². The van der Waals surface area contributed by atoms with Crippen LogP contribution in [0, 0.1) is 0 Å². The first kappa shape index (κ1) is 22.7. The molecule has 6 heteroatoms. The molecule has 0 aromatic heterocycles. The van der Waals surface area contributed by atoms with Gasteiger partial charge in [-0.25, -0.2) is 8.42 Å². The van der Waals surface area contributed by atoms with Crippen LogP contribution in [-0.2, 0) is 15.5 Å². The van der Waals surface area contributed by atoms with Crippen molar-refractivity contribution in [2.75, 3.05) is 36.8 Å². The Balaban J connectivity index is 0.000000412. The molecule has 0 bridgehead atoms. The molecule has 0 saturated carbocycles. The Kier molecular flexibility index (Phi) is 8.31. The van der Waals surface area contributed by atoms with Crippen molar-refractivity contribution < 1.29 is 17.9 Å². The first-order chi connectivity index (χ1) is 12.1. The second-order valence-corrected chi connectivity index (χ2v) is 8.69. The van der Waals surface area contributed by atoms with E-state index in [0.29, 0.717) is 13.0 Å². The number of hydrogen-bond acceptors (Lipinski definition) is 4. The summed E-state index contributed by atoms with van der Waals surface area (Å²) < 4.78 is 32.0. The minimum absolute atomic E-state index is 0.160. The Morgan fingerprint density at radius 3 is 2.12 bits per heavy atom. The predicted molar refractivity (Wildman–Crippen MR) is 108 cm³/mol. The SMILES string of the molecule is C=C1N(CCCS(=O)(=O)[O-])c2ccccc2C1(C)C.CC[NH+](CC)CC. The quantitative estimate of drug-likeness (QED) is 0.734. The summed E-state index contributed by atoms with van der Waals surface area (Å²) in [7, 11) is -4.15. The third kappa shape index (κ3) is 5.83. The number of anilines is 1. The molecule has 0 saturated heterocycles. The van der Waals surface area contributed by atoms with Crippen LogP contribution in [0.2, 0.25) is 0 Å². The molecule has 1 N–H and O–H groups in total. The van der Waals surface area contributed by atoms with E-state index < -0.39 is 10.1 Å². The summed E-state index contributed by atoms with van der Waals surface area (Å²) in [5.41, 5.74) is 3.02. The van der Waals surface area contributed by atoms with Gasteiger partial charge in [0.05, 0.1) is 29.8 Å². The Morgan fingerprint density at radius 1 is 1.12 bits per heavy atom. The lowest BCUT2D eigenvalue weighted by molar-refractivity contribution is -0.894. The largest absolute Gasteiger partial charge is 0.748 e. The Hall–Kier alpha value is -1.37. The zero-order chi connectivity index (χ0) is 20.0. The van der Waals surface area contributed by atoms with Crippen molar-refractivity contribution in [2.24, 2.45) is 0 Å². The molecule has 0 unspecified atom stereocenters. The van der Waals surface area contributed by atoms with E-state index >= 15 is 0 Å². The van der Waals surface area contributed by atoms with Crippen molar-refractivity contribution in [3.05, 3.63) is 42.1 Å². The monoisotopic (exact) mass is 382 g/mol. The molecule has 26 heavy (non-hydrogen) atoms. The fourth-order valence-electron chi connectivity index (χ4n) is 3.28. The van der Waals surface area contributed by atoms with Crippen LogP contribution in [0.4, 0.5) is 5.69 Å². The van der Waals surface area contributed by atoms with Gasteiger partial charge in [-0.15, -0.1) is 0 Å². The Morgan fingerprint density at radius 2 is 1.65 bits per heavy atom. The maximum atomic E-state index is 10.7. The fraction of sp³-hybridized carbons (Fsp3) is 0.600. The molecule has 148 valence electrons. The van der Waals surface area contributed by atoms with Crippen LogP contribution in [0.5, 0.6) is 0 Å². The zero-order valence-corrected chi connectivity index (χ0v) is 17.7. The summed E-state index contributed by atoms with van der Waals surface area (Å²) in [6, 6.07) is 8.00. The number of fused-ring (bicyclic) bond motifs is 1. The highest BCUT2D eigenvalue weighted by Crippen LogP contribution is 2.46. The maximum absolute atomic E-state index is 10.7. The molecule has 0 radical (unpaired) electrons. The van der Waals surface area contributed by atoms with Gasteiger partial charge in [0.2, 0.25) is 0 Å². The summed E-state index contributed by atoms with van der Waals surface area (Å²) in [5.74, 6) is -0.334. The minimum atomic E-state index is -4.15. The number of allylic oxidation sites excluding steroid dienone is 1. The smallest absolute Gasteiger partial charge is 0.0946 e. The normalized spacial score (nSPS) is 15.7. The first-order valence-corrected chi connectivity index (χ1v) is 11.0. The van der Waals surface area contributed by atoms with E-state index in [1.807, 2.05) is 23.1 Å². The van der Waals surface area contributed by atoms with Gasteiger partial charge < -0.3 is 14.4 Å². The summed E-state index contributed by atoms with van der Waals surface area (Å²) in [4.78, 5) is 3.69. The third-order valence-electron chi connectivity index (χ3n) is 5.19. The molecule has 5 nitrogen and oxygen atoms in total. The van der Waals surface area contributed by atoms with E-state index in [1.165, 1.54) is 25.2 Å². The lowest BCUT2D eigenvalue weighted by Crippen LogP contribution is -3.11. The minimum Gasteiger partial charge on any atom is -0.748 e. The van der Waals surface area contributed by atoms with Gasteiger partial charge in [-0.3, -0.25) is 0 Å². The summed E-state index contributed by atoms with van der Waals surface area (Å²) in [5, 5.41) is 0. The van der Waals surface area contributed by atoms with Crippen molar-refractivity contribution in [1.29, 1.82) is 0 Å². The second kappa shape index (κ2) is 9.53. The lowest BCUT2D eigenvalue weighted by atomic mass is 9.84. The average molecular weight is 383 g/mol. The van der Waals surface area contributed by atoms with Gasteiger partial charge in [-0.1, -0.05) is 38.6 Å². The molecular formula is C20H34N2O3S. The van der Waals surface area contributed by atoms with Crippen molar-refractivity contribution in [1.82, 2.24) is 0 Å². The standard InChI is InChI=1S/C14H19NO3S.C6H15N/c1-11-14(2,3)12-7-4-5-8-13(12)15(11)9-6-10-19(16,17)18;1-4-7(5-2)6-3/h4-5,7-8H,1,6,9-10H2,2-3H3,(H,16,17,18);4-6H2,1-3H3. The molecule has 0 fully saturated rings. The van der Waals surface area contributed by atoms with E-state index in [1.54, 1.807) is 4.90 Å². The van der Waals surface area contributed by atoms with E-state index in [9.17, 15) is 13.0 Å².